The molecule has 2 aromatic carbocycles. The number of Topliss-reactive ketones (excluding diaryl/α,β-unsaturated/α-hetero) is 1. The Balaban J connectivity index is 1.22. The van der Waals surface area contributed by atoms with Crippen LogP contribution >= 0.6 is 11.3 Å². The summed E-state index contributed by atoms with van der Waals surface area (Å²) in [6.45, 7) is 12.4. The van der Waals surface area contributed by atoms with E-state index < -0.39 is 23.6 Å². The average molecular weight is 761 g/mol. The van der Waals surface area contributed by atoms with E-state index in [0.717, 1.165) is 46.5 Å². The molecule has 2 heterocycles. The Hall–Kier alpha value is -3.93. The molecular formula is C43H60N4O6S. The van der Waals surface area contributed by atoms with Crippen LogP contribution < -0.4 is 10.6 Å². The summed E-state index contributed by atoms with van der Waals surface area (Å²) in [7, 11) is 1.65. The van der Waals surface area contributed by atoms with E-state index in [-0.39, 0.29) is 61.3 Å². The third kappa shape index (κ3) is 12.6. The van der Waals surface area contributed by atoms with Crippen LogP contribution in [0.25, 0.3) is 10.4 Å². The number of benzene rings is 2. The topological polar surface area (TPSA) is 138 Å². The number of amides is 3. The van der Waals surface area contributed by atoms with Crippen molar-refractivity contribution in [1.29, 1.82) is 0 Å². The number of aromatic nitrogens is 1. The number of ketones is 1. The van der Waals surface area contributed by atoms with Gasteiger partial charge in [-0.2, -0.15) is 0 Å². The molecule has 1 aliphatic rings. The Morgan fingerprint density at radius 2 is 1.57 bits per heavy atom. The lowest BCUT2D eigenvalue weighted by atomic mass is 9.85. The summed E-state index contributed by atoms with van der Waals surface area (Å²) < 4.78 is 6.06. The number of carbonyl (C=O) groups excluding carboxylic acids is 4. The molecule has 3 aromatic rings. The van der Waals surface area contributed by atoms with Gasteiger partial charge in [-0.1, -0.05) is 76.2 Å². The van der Waals surface area contributed by atoms with Crippen molar-refractivity contribution >= 4 is 34.8 Å². The summed E-state index contributed by atoms with van der Waals surface area (Å²) in [4.78, 5) is 59.1. The second kappa shape index (κ2) is 20.1. The maximum absolute atomic E-state index is 14.0. The van der Waals surface area contributed by atoms with E-state index in [9.17, 15) is 24.3 Å². The molecule has 0 radical (unpaired) electrons. The van der Waals surface area contributed by atoms with Gasteiger partial charge in [-0.3, -0.25) is 19.2 Å². The normalized spacial score (nSPS) is 17.5. The summed E-state index contributed by atoms with van der Waals surface area (Å²) in [6.07, 6.45) is 4.12. The lowest BCUT2D eigenvalue weighted by Crippen LogP contribution is -2.56. The van der Waals surface area contributed by atoms with Crippen molar-refractivity contribution in [2.45, 2.75) is 130 Å². The van der Waals surface area contributed by atoms with Crippen LogP contribution in [-0.4, -0.2) is 76.4 Å². The van der Waals surface area contributed by atoms with Crippen LogP contribution in [-0.2, 0) is 43.4 Å². The molecular weight excluding hydrogens is 701 g/mol. The molecule has 11 heteroatoms. The molecule has 0 saturated carbocycles. The number of unbranched alkanes of at least 4 members (excludes halogenated alkanes) is 1. The Morgan fingerprint density at radius 1 is 0.926 bits per heavy atom. The fraction of sp³-hybridized carbons (Fsp3) is 0.558. The average Bonchev–Trinajstić information content (AvgIpc) is 3.77. The van der Waals surface area contributed by atoms with Crippen LogP contribution in [0.2, 0.25) is 0 Å². The van der Waals surface area contributed by atoms with Gasteiger partial charge in [0, 0.05) is 39.3 Å². The zero-order chi connectivity index (χ0) is 39.4. The van der Waals surface area contributed by atoms with E-state index in [0.29, 0.717) is 25.9 Å². The van der Waals surface area contributed by atoms with Gasteiger partial charge in [-0.25, -0.2) is 4.98 Å². The zero-order valence-corrected chi connectivity index (χ0v) is 34.0. The van der Waals surface area contributed by atoms with Crippen LogP contribution in [0.4, 0.5) is 0 Å². The van der Waals surface area contributed by atoms with Crippen LogP contribution in [0, 0.1) is 18.3 Å². The molecule has 0 spiro atoms. The largest absolute Gasteiger partial charge is 0.391 e. The SMILES string of the molecule is CNC(=O)CC[C@H](C)[C@@H](C)OCc1ccc(CCCCC(=O)N[C@H](C(=O)N2C[C@H](O)C[C@H]2C(=O)CCc2ccc(-c3scnc3C)cc2)C(C)(C)C)cc1. The number of nitrogens with one attached hydrogen (secondary N) is 2. The maximum atomic E-state index is 14.0. The number of hydrogen-bond donors (Lipinski definition) is 3. The molecule has 1 aromatic heterocycles. The summed E-state index contributed by atoms with van der Waals surface area (Å²) in [5, 5.41) is 16.2. The Morgan fingerprint density at radius 3 is 2.20 bits per heavy atom. The number of likely N-dealkylation sites (tertiary alicyclic amines) is 1. The van der Waals surface area contributed by atoms with E-state index in [1.54, 1.807) is 18.4 Å². The first-order valence-corrected chi connectivity index (χ1v) is 20.2. The predicted octanol–water partition coefficient (Wildman–Crippen LogP) is 6.59. The Bertz CT molecular complexity index is 1680. The van der Waals surface area contributed by atoms with Gasteiger partial charge in [0.15, 0.2) is 5.78 Å². The highest BCUT2D eigenvalue weighted by molar-refractivity contribution is 7.13. The highest BCUT2D eigenvalue weighted by Crippen LogP contribution is 2.29. The number of β-amino-alcohol motifs (C(OH)–C–C–N with tert-alkyl or cyclic N) is 1. The second-order valence-electron chi connectivity index (χ2n) is 15.9. The summed E-state index contributed by atoms with van der Waals surface area (Å²) in [5.74, 6) is -0.291. The van der Waals surface area contributed by atoms with E-state index in [4.69, 9.17) is 4.74 Å². The van der Waals surface area contributed by atoms with Crippen LogP contribution in [0.1, 0.15) is 102 Å². The zero-order valence-electron chi connectivity index (χ0n) is 33.2. The molecule has 5 atom stereocenters. The van der Waals surface area contributed by atoms with Crippen molar-refractivity contribution in [3.8, 4) is 10.4 Å². The molecule has 1 saturated heterocycles. The van der Waals surface area contributed by atoms with E-state index >= 15 is 0 Å². The molecule has 0 unspecified atom stereocenters. The fourth-order valence-electron chi connectivity index (χ4n) is 6.77. The van der Waals surface area contributed by atoms with Gasteiger partial charge in [0.25, 0.3) is 0 Å². The lowest BCUT2D eigenvalue weighted by molar-refractivity contribution is -0.143. The van der Waals surface area contributed by atoms with Crippen molar-refractivity contribution < 1.29 is 29.0 Å². The highest BCUT2D eigenvalue weighted by atomic mass is 32.1. The van der Waals surface area contributed by atoms with Crippen molar-refractivity contribution in [2.75, 3.05) is 13.6 Å². The second-order valence-corrected chi connectivity index (χ2v) is 16.8. The first-order chi connectivity index (χ1) is 25.7. The number of aliphatic hydroxyl groups is 1. The molecule has 1 fully saturated rings. The monoisotopic (exact) mass is 760 g/mol. The van der Waals surface area contributed by atoms with Crippen molar-refractivity contribution in [2.24, 2.45) is 11.3 Å². The molecule has 0 bridgehead atoms. The summed E-state index contributed by atoms with van der Waals surface area (Å²) in [5.41, 5.74) is 6.62. The van der Waals surface area contributed by atoms with E-state index in [1.165, 1.54) is 10.5 Å². The lowest BCUT2D eigenvalue weighted by Gasteiger charge is -2.35. The van der Waals surface area contributed by atoms with Gasteiger partial charge in [0.05, 0.1) is 40.9 Å². The van der Waals surface area contributed by atoms with Crippen molar-refractivity contribution in [1.82, 2.24) is 20.5 Å². The first kappa shape index (κ1) is 42.8. The number of ether oxygens (including phenoxy) is 1. The number of carbonyl (C=O) groups is 4. The maximum Gasteiger partial charge on any atom is 0.246 e. The van der Waals surface area contributed by atoms with Gasteiger partial charge in [0.1, 0.15) is 6.04 Å². The number of hydrogen-bond acceptors (Lipinski definition) is 8. The van der Waals surface area contributed by atoms with E-state index in [2.05, 4.69) is 46.8 Å². The Kier molecular flexibility index (Phi) is 15.9. The summed E-state index contributed by atoms with van der Waals surface area (Å²) >= 11 is 1.60. The smallest absolute Gasteiger partial charge is 0.246 e. The van der Waals surface area contributed by atoms with Gasteiger partial charge in [-0.15, -0.1) is 11.3 Å². The van der Waals surface area contributed by atoms with Crippen molar-refractivity contribution in [3.63, 3.8) is 0 Å². The van der Waals surface area contributed by atoms with Crippen LogP contribution in [0.15, 0.2) is 54.0 Å². The quantitative estimate of drug-likeness (QED) is 0.117. The molecule has 54 heavy (non-hydrogen) atoms. The molecule has 3 amide bonds. The minimum Gasteiger partial charge on any atom is -0.391 e. The van der Waals surface area contributed by atoms with Gasteiger partial charge >= 0.3 is 0 Å². The number of aryl methyl sites for hydroxylation is 3. The molecule has 4 rings (SSSR count). The minimum atomic E-state index is -0.829. The Labute approximate surface area is 325 Å². The molecule has 1 aliphatic heterocycles. The van der Waals surface area contributed by atoms with Gasteiger partial charge in [-0.05, 0) is 79.5 Å². The van der Waals surface area contributed by atoms with Gasteiger partial charge < -0.3 is 25.4 Å². The highest BCUT2D eigenvalue weighted by Gasteiger charge is 2.44. The fourth-order valence-corrected chi connectivity index (χ4v) is 7.59. The number of nitrogens with zero attached hydrogens (tertiary/aromatic N) is 2. The van der Waals surface area contributed by atoms with Crippen LogP contribution in [0.3, 0.4) is 0 Å². The van der Waals surface area contributed by atoms with E-state index in [1.807, 2.05) is 64.4 Å². The first-order valence-electron chi connectivity index (χ1n) is 19.4. The molecule has 10 nitrogen and oxygen atoms in total. The van der Waals surface area contributed by atoms with Gasteiger partial charge in [0.2, 0.25) is 17.7 Å². The third-order valence-corrected chi connectivity index (χ3v) is 11.5. The predicted molar refractivity (Wildman–Crippen MR) is 214 cm³/mol. The molecule has 0 aliphatic carbocycles. The number of rotatable bonds is 19. The summed E-state index contributed by atoms with van der Waals surface area (Å²) in [6, 6.07) is 14.9. The third-order valence-electron chi connectivity index (χ3n) is 10.5. The molecule has 294 valence electrons. The van der Waals surface area contributed by atoms with Crippen LogP contribution in [0.5, 0.6) is 0 Å². The minimum absolute atomic E-state index is 0.0405. The standard InChI is InChI=1S/C43H60N4O6S/c1-28(12-23-38(50)44-7)30(3)53-26-33-15-13-31(14-16-33)10-8-9-11-39(51)46-41(43(4,5)6)42(52)47-25-35(48)24-36(47)37(49)22-19-32-17-20-34(21-18-32)40-29(2)45-27-54-40/h13-18,20-21,27-28,30,35-36,41,48H,8-12,19,22-26H2,1-7H3,(H,44,50)(H,46,51)/t28-,30+,35+,36-,41+/m0/s1. The number of aliphatic hydroxyl groups excluding tert-OH is 1. The molecule has 3 N–H and O–H groups in total. The van der Waals surface area contributed by atoms with Crippen molar-refractivity contribution in [3.05, 3.63) is 76.4 Å². The number of thiazole rings is 1.